The Hall–Kier alpha value is -1.76. The van der Waals surface area contributed by atoms with E-state index in [1.807, 2.05) is 6.92 Å². The molecule has 0 amide bonds. The van der Waals surface area contributed by atoms with E-state index in [4.69, 9.17) is 10.8 Å². The van der Waals surface area contributed by atoms with Gasteiger partial charge in [-0.3, -0.25) is 0 Å². The van der Waals surface area contributed by atoms with Gasteiger partial charge < -0.3 is 10.8 Å². The average molecular weight is 208 g/mol. The van der Waals surface area contributed by atoms with Gasteiger partial charge in [-0.05, 0) is 13.3 Å². The highest BCUT2D eigenvalue weighted by molar-refractivity contribution is 5.80. The van der Waals surface area contributed by atoms with Crippen LogP contribution < -0.4 is 5.73 Å². The molecule has 80 valence electrons. The Bertz CT molecular complexity index is 467. The molecule has 15 heavy (non-hydrogen) atoms. The van der Waals surface area contributed by atoms with Crippen molar-refractivity contribution in [1.29, 1.82) is 0 Å². The van der Waals surface area contributed by atoms with Crippen molar-refractivity contribution in [2.24, 2.45) is 0 Å². The molecular weight excluding hydrogens is 196 g/mol. The van der Waals surface area contributed by atoms with Crippen molar-refractivity contribution < 1.29 is 5.11 Å². The molecular formula is C8H12N6O. The number of nitrogen functional groups attached to an aromatic ring is 1. The summed E-state index contributed by atoms with van der Waals surface area (Å²) in [5.41, 5.74) is 6.73. The summed E-state index contributed by atoms with van der Waals surface area (Å²) in [6, 6.07) is 0.0364. The van der Waals surface area contributed by atoms with E-state index in [1.165, 1.54) is 6.33 Å². The molecule has 3 N–H and O–H groups in total. The first-order chi connectivity index (χ1) is 7.24. The van der Waals surface area contributed by atoms with Gasteiger partial charge in [0.05, 0.1) is 6.04 Å². The first-order valence-corrected chi connectivity index (χ1v) is 4.66. The number of hydrogen-bond donors (Lipinski definition) is 2. The van der Waals surface area contributed by atoms with Crippen molar-refractivity contribution in [2.45, 2.75) is 19.4 Å². The molecule has 2 heterocycles. The van der Waals surface area contributed by atoms with Crippen molar-refractivity contribution >= 4 is 17.0 Å². The molecule has 1 unspecified atom stereocenters. The average Bonchev–Trinajstić information content (AvgIpc) is 2.63. The molecule has 0 aliphatic rings. The van der Waals surface area contributed by atoms with E-state index in [2.05, 4.69) is 20.3 Å². The summed E-state index contributed by atoms with van der Waals surface area (Å²) < 4.78 is 1.64. The fraction of sp³-hybridized carbons (Fsp3) is 0.500. The van der Waals surface area contributed by atoms with Crippen molar-refractivity contribution in [3.63, 3.8) is 0 Å². The van der Waals surface area contributed by atoms with E-state index in [0.29, 0.717) is 23.4 Å². The Kier molecular flexibility index (Phi) is 2.46. The fourth-order valence-electron chi connectivity index (χ4n) is 1.39. The number of aromatic nitrogens is 5. The van der Waals surface area contributed by atoms with E-state index < -0.39 is 0 Å². The maximum absolute atomic E-state index is 8.84. The highest BCUT2D eigenvalue weighted by Crippen LogP contribution is 2.17. The van der Waals surface area contributed by atoms with Crippen molar-refractivity contribution in [1.82, 2.24) is 25.0 Å². The molecule has 2 aromatic rings. The first-order valence-electron chi connectivity index (χ1n) is 4.66. The molecule has 1 atom stereocenters. The van der Waals surface area contributed by atoms with Crippen LogP contribution in [-0.4, -0.2) is 36.7 Å². The third-order valence-electron chi connectivity index (χ3n) is 2.25. The molecule has 0 aliphatic heterocycles. The molecule has 0 bridgehead atoms. The third kappa shape index (κ3) is 1.61. The lowest BCUT2D eigenvalue weighted by atomic mass is 10.2. The summed E-state index contributed by atoms with van der Waals surface area (Å²) >= 11 is 0. The number of rotatable bonds is 3. The highest BCUT2D eigenvalue weighted by atomic mass is 16.3. The van der Waals surface area contributed by atoms with Crippen LogP contribution >= 0.6 is 0 Å². The van der Waals surface area contributed by atoms with Crippen molar-refractivity contribution in [3.8, 4) is 0 Å². The molecule has 0 saturated carbocycles. The quantitative estimate of drug-likeness (QED) is 0.720. The second kappa shape index (κ2) is 3.77. The minimum atomic E-state index is 0.0364. The lowest BCUT2D eigenvalue weighted by molar-refractivity contribution is 0.258. The predicted octanol–water partition coefficient (Wildman–Crippen LogP) is -0.253. The second-order valence-electron chi connectivity index (χ2n) is 3.33. The Balaban J connectivity index is 2.49. The molecule has 7 nitrogen and oxygen atoms in total. The van der Waals surface area contributed by atoms with Crippen LogP contribution in [0.15, 0.2) is 6.33 Å². The second-order valence-corrected chi connectivity index (χ2v) is 3.33. The number of nitrogens with zero attached hydrogens (tertiary/aromatic N) is 5. The Labute approximate surface area is 85.9 Å². The lowest BCUT2D eigenvalue weighted by Crippen LogP contribution is -2.09. The number of aliphatic hydroxyl groups is 1. The molecule has 7 heteroatoms. The zero-order valence-electron chi connectivity index (χ0n) is 8.33. The molecule has 0 radical (unpaired) electrons. The Morgan fingerprint density at radius 1 is 1.53 bits per heavy atom. The maximum Gasteiger partial charge on any atom is 0.184 e. The topological polar surface area (TPSA) is 103 Å². The summed E-state index contributed by atoms with van der Waals surface area (Å²) in [5.74, 6) is 0.322. The van der Waals surface area contributed by atoms with Crippen LogP contribution in [0.2, 0.25) is 0 Å². The Morgan fingerprint density at radius 2 is 2.33 bits per heavy atom. The number of aliphatic hydroxyl groups excluding tert-OH is 1. The van der Waals surface area contributed by atoms with Crippen LogP contribution in [0, 0.1) is 0 Å². The van der Waals surface area contributed by atoms with Crippen LogP contribution in [-0.2, 0) is 0 Å². The largest absolute Gasteiger partial charge is 0.396 e. The minimum Gasteiger partial charge on any atom is -0.396 e. The molecule has 0 fully saturated rings. The van der Waals surface area contributed by atoms with Crippen LogP contribution in [0.4, 0.5) is 5.82 Å². The number of hydrogen-bond acceptors (Lipinski definition) is 6. The van der Waals surface area contributed by atoms with Gasteiger partial charge in [-0.15, -0.1) is 5.10 Å². The van der Waals surface area contributed by atoms with Crippen molar-refractivity contribution in [3.05, 3.63) is 6.33 Å². The first kappa shape index (κ1) is 9.78. The summed E-state index contributed by atoms with van der Waals surface area (Å²) in [6.07, 6.45) is 1.98. The smallest absolute Gasteiger partial charge is 0.184 e. The summed E-state index contributed by atoms with van der Waals surface area (Å²) in [6.45, 7) is 2.03. The van der Waals surface area contributed by atoms with E-state index in [0.717, 1.165) is 0 Å². The van der Waals surface area contributed by atoms with Gasteiger partial charge in [0.25, 0.3) is 0 Å². The van der Waals surface area contributed by atoms with Crippen LogP contribution in [0.25, 0.3) is 11.2 Å². The zero-order chi connectivity index (χ0) is 10.8. The van der Waals surface area contributed by atoms with Gasteiger partial charge >= 0.3 is 0 Å². The van der Waals surface area contributed by atoms with Crippen molar-refractivity contribution in [2.75, 3.05) is 12.3 Å². The van der Waals surface area contributed by atoms with E-state index in [9.17, 15) is 0 Å². The summed E-state index contributed by atoms with van der Waals surface area (Å²) in [7, 11) is 0. The fourth-order valence-corrected chi connectivity index (χ4v) is 1.39. The molecule has 0 saturated heterocycles. The number of nitrogens with two attached hydrogens (primary N) is 1. The van der Waals surface area contributed by atoms with Crippen LogP contribution in [0.5, 0.6) is 0 Å². The van der Waals surface area contributed by atoms with Gasteiger partial charge in [0, 0.05) is 6.61 Å². The molecule has 0 spiro atoms. The molecule has 0 aliphatic carbocycles. The van der Waals surface area contributed by atoms with Gasteiger partial charge in [0.15, 0.2) is 17.0 Å². The Morgan fingerprint density at radius 3 is 3.07 bits per heavy atom. The SMILES string of the molecule is CC(CCO)n1nnc2c(N)ncnc21. The van der Waals surface area contributed by atoms with Gasteiger partial charge in [-0.1, -0.05) is 5.21 Å². The van der Waals surface area contributed by atoms with Gasteiger partial charge in [-0.25, -0.2) is 14.6 Å². The van der Waals surface area contributed by atoms with Crippen LogP contribution in [0.1, 0.15) is 19.4 Å². The standard InChI is InChI=1S/C8H12N6O/c1-5(2-3-15)14-8-6(12-13-14)7(9)10-4-11-8/h4-5,15H,2-3H2,1H3,(H2,9,10,11). The van der Waals surface area contributed by atoms with E-state index in [-0.39, 0.29) is 12.6 Å². The molecule has 2 aromatic heterocycles. The van der Waals surface area contributed by atoms with Gasteiger partial charge in [0.1, 0.15) is 6.33 Å². The maximum atomic E-state index is 8.84. The van der Waals surface area contributed by atoms with Gasteiger partial charge in [-0.2, -0.15) is 0 Å². The molecule has 0 aromatic carbocycles. The van der Waals surface area contributed by atoms with E-state index >= 15 is 0 Å². The lowest BCUT2D eigenvalue weighted by Gasteiger charge is -2.09. The summed E-state index contributed by atoms with van der Waals surface area (Å²) in [4.78, 5) is 7.90. The normalized spacial score (nSPS) is 13.2. The monoisotopic (exact) mass is 208 g/mol. The third-order valence-corrected chi connectivity index (χ3v) is 2.25. The molecule has 2 rings (SSSR count). The minimum absolute atomic E-state index is 0.0364. The zero-order valence-corrected chi connectivity index (χ0v) is 8.33. The highest BCUT2D eigenvalue weighted by Gasteiger charge is 2.13. The number of fused-ring (bicyclic) bond motifs is 1. The van der Waals surface area contributed by atoms with Crippen LogP contribution in [0.3, 0.4) is 0 Å². The summed E-state index contributed by atoms with van der Waals surface area (Å²) in [5, 5.41) is 16.7. The number of anilines is 1. The predicted molar refractivity (Wildman–Crippen MR) is 53.9 cm³/mol. The van der Waals surface area contributed by atoms with Gasteiger partial charge in [0.2, 0.25) is 0 Å². The van der Waals surface area contributed by atoms with E-state index in [1.54, 1.807) is 4.68 Å².